The maximum atomic E-state index is 12.7. The van der Waals surface area contributed by atoms with Crippen LogP contribution in [0.2, 0.25) is 0 Å². The summed E-state index contributed by atoms with van der Waals surface area (Å²) in [6, 6.07) is 6.77. The fourth-order valence-corrected chi connectivity index (χ4v) is 2.93. The Kier molecular flexibility index (Phi) is 5.15. The van der Waals surface area contributed by atoms with Crippen LogP contribution in [0.3, 0.4) is 0 Å². The van der Waals surface area contributed by atoms with E-state index < -0.39 is 5.56 Å². The lowest BCUT2D eigenvalue weighted by Gasteiger charge is -2.32. The zero-order valence-corrected chi connectivity index (χ0v) is 13.8. The molecule has 24 heavy (non-hydrogen) atoms. The third kappa shape index (κ3) is 3.59. The van der Waals surface area contributed by atoms with Crippen LogP contribution in [-0.2, 0) is 4.74 Å². The Morgan fingerprint density at radius 3 is 3.00 bits per heavy atom. The molecule has 1 fully saturated rings. The highest BCUT2D eigenvalue weighted by Crippen LogP contribution is 2.18. The van der Waals surface area contributed by atoms with Crippen LogP contribution in [0, 0.1) is 0 Å². The van der Waals surface area contributed by atoms with E-state index in [1.165, 1.54) is 6.26 Å². The molecule has 1 N–H and O–H groups in total. The molecule has 6 heteroatoms. The van der Waals surface area contributed by atoms with Gasteiger partial charge in [-0.3, -0.25) is 9.59 Å². The number of rotatable bonds is 5. The highest BCUT2D eigenvalue weighted by molar-refractivity contribution is 5.94. The van der Waals surface area contributed by atoms with E-state index in [1.807, 2.05) is 0 Å². The number of pyridine rings is 1. The number of hydrogen-bond donors (Lipinski definition) is 1. The van der Waals surface area contributed by atoms with E-state index in [1.54, 1.807) is 29.2 Å². The molecule has 0 aliphatic carbocycles. The lowest BCUT2D eigenvalue weighted by Crippen LogP contribution is -2.44. The van der Waals surface area contributed by atoms with Crippen LogP contribution in [0.1, 0.15) is 36.5 Å². The van der Waals surface area contributed by atoms with Gasteiger partial charge in [0, 0.05) is 19.7 Å². The number of likely N-dealkylation sites (tertiary alicyclic amines) is 1. The van der Waals surface area contributed by atoms with Gasteiger partial charge < -0.3 is 19.0 Å². The van der Waals surface area contributed by atoms with Crippen molar-refractivity contribution in [2.24, 2.45) is 0 Å². The second-order valence-electron chi connectivity index (χ2n) is 5.98. The number of ether oxygens (including phenoxy) is 1. The van der Waals surface area contributed by atoms with E-state index in [-0.39, 0.29) is 17.6 Å². The molecule has 1 aliphatic heterocycles. The lowest BCUT2D eigenvalue weighted by molar-refractivity contribution is 0.00205. The van der Waals surface area contributed by atoms with Crippen molar-refractivity contribution in [3.63, 3.8) is 0 Å². The van der Waals surface area contributed by atoms with Gasteiger partial charge in [0.1, 0.15) is 11.3 Å². The zero-order valence-electron chi connectivity index (χ0n) is 13.8. The second-order valence-corrected chi connectivity index (χ2v) is 5.98. The smallest absolute Gasteiger partial charge is 0.261 e. The number of nitrogens with one attached hydrogen (secondary N) is 1. The van der Waals surface area contributed by atoms with Gasteiger partial charge in [-0.05, 0) is 43.5 Å². The quantitative estimate of drug-likeness (QED) is 0.914. The third-order valence-electron chi connectivity index (χ3n) is 4.15. The van der Waals surface area contributed by atoms with Crippen molar-refractivity contribution in [1.82, 2.24) is 9.88 Å². The topological polar surface area (TPSA) is 75.5 Å². The first-order valence-electron chi connectivity index (χ1n) is 8.37. The third-order valence-corrected chi connectivity index (χ3v) is 4.15. The molecule has 3 heterocycles. The Labute approximate surface area is 140 Å². The van der Waals surface area contributed by atoms with Crippen LogP contribution in [-0.4, -0.2) is 41.6 Å². The van der Waals surface area contributed by atoms with Crippen LogP contribution >= 0.6 is 0 Å². The molecule has 0 bridgehead atoms. The number of hydrogen-bond acceptors (Lipinski definition) is 4. The Balaban J connectivity index is 1.74. The van der Waals surface area contributed by atoms with Gasteiger partial charge in [-0.1, -0.05) is 6.92 Å². The molecular weight excluding hydrogens is 308 g/mol. The van der Waals surface area contributed by atoms with Crippen LogP contribution in [0.25, 0.3) is 11.5 Å². The average Bonchev–Trinajstić information content (AvgIpc) is 3.14. The monoisotopic (exact) mass is 330 g/mol. The predicted molar refractivity (Wildman–Crippen MR) is 89.9 cm³/mol. The summed E-state index contributed by atoms with van der Waals surface area (Å²) < 4.78 is 11.0. The van der Waals surface area contributed by atoms with Gasteiger partial charge in [0.05, 0.1) is 18.1 Å². The number of carbonyl (C=O) groups excluding carboxylic acids is 1. The van der Waals surface area contributed by atoms with E-state index in [0.717, 1.165) is 19.3 Å². The van der Waals surface area contributed by atoms with Crippen molar-refractivity contribution < 1.29 is 13.9 Å². The van der Waals surface area contributed by atoms with E-state index in [9.17, 15) is 9.59 Å². The predicted octanol–water partition coefficient (Wildman–Crippen LogP) is 2.67. The van der Waals surface area contributed by atoms with Crippen LogP contribution in [0.5, 0.6) is 0 Å². The van der Waals surface area contributed by atoms with Crippen molar-refractivity contribution in [2.45, 2.75) is 32.3 Å². The molecule has 1 atom stereocenters. The summed E-state index contributed by atoms with van der Waals surface area (Å²) in [7, 11) is 0. The fourth-order valence-electron chi connectivity index (χ4n) is 2.93. The average molecular weight is 330 g/mol. The lowest BCUT2D eigenvalue weighted by atomic mass is 10.1. The number of nitrogens with zero attached hydrogens (tertiary/aromatic N) is 1. The Hall–Kier alpha value is -2.34. The van der Waals surface area contributed by atoms with Gasteiger partial charge >= 0.3 is 0 Å². The second kappa shape index (κ2) is 7.49. The van der Waals surface area contributed by atoms with Crippen molar-refractivity contribution in [3.8, 4) is 11.5 Å². The number of carbonyl (C=O) groups is 1. The molecule has 1 amide bonds. The number of H-pyrrole nitrogens is 1. The first-order valence-corrected chi connectivity index (χ1v) is 8.37. The highest BCUT2D eigenvalue weighted by Gasteiger charge is 2.26. The van der Waals surface area contributed by atoms with Gasteiger partial charge in [-0.15, -0.1) is 0 Å². The van der Waals surface area contributed by atoms with Crippen molar-refractivity contribution in [1.29, 1.82) is 0 Å². The Morgan fingerprint density at radius 1 is 1.42 bits per heavy atom. The SMILES string of the molecule is CCCOC1CCCN(C(=O)c2ccc(-c3ccco3)[nH]c2=O)C1. The number of amides is 1. The first-order chi connectivity index (χ1) is 11.7. The maximum absolute atomic E-state index is 12.7. The van der Waals surface area contributed by atoms with Gasteiger partial charge in [0.15, 0.2) is 0 Å². The van der Waals surface area contributed by atoms with Gasteiger partial charge in [-0.25, -0.2) is 0 Å². The minimum Gasteiger partial charge on any atom is -0.463 e. The molecule has 3 rings (SSSR count). The van der Waals surface area contributed by atoms with Crippen molar-refractivity contribution in [3.05, 3.63) is 46.4 Å². The largest absolute Gasteiger partial charge is 0.463 e. The van der Waals surface area contributed by atoms with E-state index in [2.05, 4.69) is 11.9 Å². The summed E-state index contributed by atoms with van der Waals surface area (Å²) in [5.41, 5.74) is 0.316. The van der Waals surface area contributed by atoms with Gasteiger partial charge in [0.2, 0.25) is 0 Å². The molecule has 0 spiro atoms. The van der Waals surface area contributed by atoms with E-state index in [0.29, 0.717) is 31.2 Å². The number of aromatic nitrogens is 1. The molecule has 1 aliphatic rings. The Morgan fingerprint density at radius 2 is 2.29 bits per heavy atom. The van der Waals surface area contributed by atoms with Crippen molar-refractivity contribution >= 4 is 5.91 Å². The van der Waals surface area contributed by atoms with Gasteiger partial charge in [0.25, 0.3) is 11.5 Å². The summed E-state index contributed by atoms with van der Waals surface area (Å²) in [6.45, 7) is 3.96. The normalized spacial score (nSPS) is 17.9. The van der Waals surface area contributed by atoms with Crippen molar-refractivity contribution in [2.75, 3.05) is 19.7 Å². The van der Waals surface area contributed by atoms with E-state index in [4.69, 9.17) is 9.15 Å². The summed E-state index contributed by atoms with van der Waals surface area (Å²) in [6.07, 6.45) is 4.40. The molecule has 1 saturated heterocycles. The standard InChI is InChI=1S/C18H22N2O4/c1-2-10-23-13-5-3-9-20(12-13)18(22)14-7-8-15(19-17(14)21)16-6-4-11-24-16/h4,6-8,11,13H,2-3,5,9-10,12H2,1H3,(H,19,21). The molecule has 2 aromatic rings. The molecule has 0 saturated carbocycles. The zero-order chi connectivity index (χ0) is 16.9. The molecule has 2 aromatic heterocycles. The maximum Gasteiger partial charge on any atom is 0.261 e. The molecular formula is C18H22N2O4. The summed E-state index contributed by atoms with van der Waals surface area (Å²) in [5.74, 6) is 0.323. The number of aromatic amines is 1. The van der Waals surface area contributed by atoms with E-state index >= 15 is 0 Å². The highest BCUT2D eigenvalue weighted by atomic mass is 16.5. The number of piperidine rings is 1. The molecule has 0 radical (unpaired) electrons. The molecule has 0 aromatic carbocycles. The molecule has 128 valence electrons. The van der Waals surface area contributed by atoms with Crippen LogP contribution in [0.4, 0.5) is 0 Å². The van der Waals surface area contributed by atoms with Gasteiger partial charge in [-0.2, -0.15) is 0 Å². The van der Waals surface area contributed by atoms with Crippen LogP contribution in [0.15, 0.2) is 39.7 Å². The summed E-state index contributed by atoms with van der Waals surface area (Å²) in [4.78, 5) is 29.4. The molecule has 1 unspecified atom stereocenters. The Bertz CT molecular complexity index is 736. The molecule has 6 nitrogen and oxygen atoms in total. The fraction of sp³-hybridized carbons (Fsp3) is 0.444. The minimum atomic E-state index is -0.398. The first kappa shape index (κ1) is 16.5. The summed E-state index contributed by atoms with van der Waals surface area (Å²) in [5, 5.41) is 0. The minimum absolute atomic E-state index is 0.0594. The van der Waals surface area contributed by atoms with Crippen LogP contribution < -0.4 is 5.56 Å². The number of furan rings is 1. The summed E-state index contributed by atoms with van der Waals surface area (Å²) >= 11 is 0.